The molecule has 27 heavy (non-hydrogen) atoms. The third-order valence-corrected chi connectivity index (χ3v) is 7.56. The molecule has 144 valence electrons. The summed E-state index contributed by atoms with van der Waals surface area (Å²) in [6.07, 6.45) is 0. The molecule has 1 atom stereocenters. The van der Waals surface area contributed by atoms with Gasteiger partial charge in [-0.3, -0.25) is 9.52 Å². The van der Waals surface area contributed by atoms with Crippen LogP contribution in [0.5, 0.6) is 0 Å². The van der Waals surface area contributed by atoms with E-state index in [0.29, 0.717) is 4.31 Å². The molecule has 0 aliphatic carbocycles. The highest BCUT2D eigenvalue weighted by Crippen LogP contribution is 2.30. The average molecular weight is 449 g/mol. The molecule has 0 radical (unpaired) electrons. The summed E-state index contributed by atoms with van der Waals surface area (Å²) >= 11 is 11.7. The molecule has 1 N–H and O–H groups in total. The van der Waals surface area contributed by atoms with E-state index in [4.69, 9.17) is 23.2 Å². The predicted molar refractivity (Wildman–Crippen MR) is 104 cm³/mol. The molecule has 3 rings (SSSR count). The zero-order chi connectivity index (χ0) is 20.0. The van der Waals surface area contributed by atoms with E-state index in [-0.39, 0.29) is 32.1 Å². The second kappa shape index (κ2) is 6.97. The van der Waals surface area contributed by atoms with Gasteiger partial charge in [0.15, 0.2) is 0 Å². The van der Waals surface area contributed by atoms with Crippen molar-refractivity contribution in [2.45, 2.75) is 11.8 Å². The van der Waals surface area contributed by atoms with Crippen LogP contribution in [-0.2, 0) is 24.8 Å². The van der Waals surface area contributed by atoms with E-state index in [1.807, 2.05) is 0 Å². The van der Waals surface area contributed by atoms with Crippen molar-refractivity contribution >= 4 is 60.5 Å². The van der Waals surface area contributed by atoms with E-state index in [2.05, 4.69) is 4.72 Å². The van der Waals surface area contributed by atoms with Gasteiger partial charge >= 0.3 is 0 Å². The second-order valence-electron chi connectivity index (χ2n) is 6.04. The first-order chi connectivity index (χ1) is 12.5. The summed E-state index contributed by atoms with van der Waals surface area (Å²) in [7, 11) is -7.72. The van der Waals surface area contributed by atoms with Gasteiger partial charge in [-0.2, -0.15) is 0 Å². The van der Waals surface area contributed by atoms with Crippen LogP contribution in [0.25, 0.3) is 0 Å². The summed E-state index contributed by atoms with van der Waals surface area (Å²) in [5.41, 5.74) is 0.275. The van der Waals surface area contributed by atoms with Crippen molar-refractivity contribution in [2.24, 2.45) is 5.92 Å². The number of nitrogens with zero attached hydrogens (tertiary/aromatic N) is 1. The molecule has 1 aliphatic heterocycles. The van der Waals surface area contributed by atoms with Crippen LogP contribution < -0.4 is 9.03 Å². The maximum atomic E-state index is 12.5. The fraction of sp³-hybridized carbons (Fsp3) is 0.188. The van der Waals surface area contributed by atoms with Gasteiger partial charge in [0.05, 0.1) is 27.9 Å². The normalized spacial score (nSPS) is 19.3. The molecule has 0 spiro atoms. The lowest BCUT2D eigenvalue weighted by molar-refractivity contribution is -0.119. The highest BCUT2D eigenvalue weighted by Gasteiger charge is 2.41. The first-order valence-electron chi connectivity index (χ1n) is 7.65. The van der Waals surface area contributed by atoms with Crippen molar-refractivity contribution in [3.05, 3.63) is 52.5 Å². The molecular weight excluding hydrogens is 435 g/mol. The minimum absolute atomic E-state index is 0.0918. The van der Waals surface area contributed by atoms with Gasteiger partial charge < -0.3 is 0 Å². The van der Waals surface area contributed by atoms with E-state index in [1.54, 1.807) is 0 Å². The van der Waals surface area contributed by atoms with E-state index in [0.717, 1.165) is 0 Å². The maximum absolute atomic E-state index is 12.5. The first-order valence-corrected chi connectivity index (χ1v) is 11.5. The monoisotopic (exact) mass is 448 g/mol. The van der Waals surface area contributed by atoms with Gasteiger partial charge in [-0.15, -0.1) is 0 Å². The van der Waals surface area contributed by atoms with Crippen molar-refractivity contribution in [2.75, 3.05) is 14.8 Å². The summed E-state index contributed by atoms with van der Waals surface area (Å²) in [5.74, 6) is -1.46. The molecule has 2 aromatic rings. The molecule has 0 bridgehead atoms. The fourth-order valence-electron chi connectivity index (χ4n) is 2.67. The van der Waals surface area contributed by atoms with Crippen molar-refractivity contribution in [1.29, 1.82) is 0 Å². The summed E-state index contributed by atoms with van der Waals surface area (Å²) in [4.78, 5) is 12.0. The molecule has 1 saturated heterocycles. The van der Waals surface area contributed by atoms with Crippen LogP contribution in [0.2, 0.25) is 10.0 Å². The molecule has 0 aromatic heterocycles. The number of nitrogens with one attached hydrogen (secondary N) is 1. The number of hydrogen-bond acceptors (Lipinski definition) is 5. The number of carbonyl (C=O) groups excluding carboxylic acids is 1. The Bertz CT molecular complexity index is 1100. The molecule has 2 aromatic carbocycles. The lowest BCUT2D eigenvalue weighted by Gasteiger charge is -2.16. The van der Waals surface area contributed by atoms with Crippen molar-refractivity contribution in [3.63, 3.8) is 0 Å². The van der Waals surface area contributed by atoms with E-state index in [9.17, 15) is 21.6 Å². The van der Waals surface area contributed by atoms with Gasteiger partial charge in [0, 0.05) is 10.0 Å². The van der Waals surface area contributed by atoms with Gasteiger partial charge in [0.1, 0.15) is 0 Å². The summed E-state index contributed by atoms with van der Waals surface area (Å²) < 4.78 is 52.3. The van der Waals surface area contributed by atoms with Gasteiger partial charge in [0.25, 0.3) is 10.0 Å². The number of sulfonamides is 2. The van der Waals surface area contributed by atoms with E-state index >= 15 is 0 Å². The number of amides is 1. The number of carbonyl (C=O) groups is 1. The maximum Gasteiger partial charge on any atom is 0.261 e. The number of benzene rings is 2. The Hall–Kier alpha value is -1.81. The summed E-state index contributed by atoms with van der Waals surface area (Å²) in [6, 6.07) is 9.24. The minimum Gasteiger partial charge on any atom is -0.280 e. The Labute approximate surface area is 167 Å². The fourth-order valence-corrected chi connectivity index (χ4v) is 6.06. The zero-order valence-electron chi connectivity index (χ0n) is 13.9. The lowest BCUT2D eigenvalue weighted by atomic mass is 10.2. The van der Waals surface area contributed by atoms with Gasteiger partial charge in [-0.1, -0.05) is 30.1 Å². The second-order valence-corrected chi connectivity index (χ2v) is 10.5. The van der Waals surface area contributed by atoms with Crippen LogP contribution in [0.4, 0.5) is 11.4 Å². The number of anilines is 2. The molecule has 11 heteroatoms. The predicted octanol–water partition coefficient (Wildman–Crippen LogP) is 3.11. The largest absolute Gasteiger partial charge is 0.280 e. The molecule has 0 saturated carbocycles. The van der Waals surface area contributed by atoms with Gasteiger partial charge in [0.2, 0.25) is 15.9 Å². The van der Waals surface area contributed by atoms with Crippen molar-refractivity contribution in [3.8, 4) is 0 Å². The number of hydrogen-bond donors (Lipinski definition) is 1. The average Bonchev–Trinajstić information content (AvgIpc) is 2.73. The Morgan fingerprint density at radius 3 is 2.11 bits per heavy atom. The SMILES string of the molecule is CC1CS(=O)(=O)N(c2ccc(S(=O)(=O)Nc3cc(Cl)cc(Cl)c3)cc2)C1=O. The standard InChI is InChI=1S/C16H14Cl2N2O5S2/c1-10-9-26(22,23)20(16(10)21)14-2-4-15(5-3-14)27(24,25)19-13-7-11(17)6-12(18)8-13/h2-8,10,19H,9H2,1H3. The molecule has 1 amide bonds. The Morgan fingerprint density at radius 2 is 1.63 bits per heavy atom. The molecule has 1 heterocycles. The smallest absolute Gasteiger partial charge is 0.261 e. The van der Waals surface area contributed by atoms with Gasteiger partial charge in [-0.25, -0.2) is 21.1 Å². The Kier molecular flexibility index (Phi) is 5.15. The van der Waals surface area contributed by atoms with Crippen LogP contribution in [0.15, 0.2) is 47.4 Å². The van der Waals surface area contributed by atoms with E-state index in [1.165, 1.54) is 49.4 Å². The quantitative estimate of drug-likeness (QED) is 0.773. The molecule has 1 aliphatic rings. The number of rotatable bonds is 4. The highest BCUT2D eigenvalue weighted by molar-refractivity contribution is 7.94. The van der Waals surface area contributed by atoms with Crippen LogP contribution in [0.1, 0.15) is 6.92 Å². The molecule has 1 unspecified atom stereocenters. The first kappa shape index (κ1) is 19.9. The van der Waals surface area contributed by atoms with Gasteiger partial charge in [-0.05, 0) is 42.5 Å². The highest BCUT2D eigenvalue weighted by atomic mass is 35.5. The minimum atomic E-state index is -3.96. The van der Waals surface area contributed by atoms with Crippen molar-refractivity contribution in [1.82, 2.24) is 0 Å². The summed E-state index contributed by atoms with van der Waals surface area (Å²) in [6.45, 7) is 1.53. The summed E-state index contributed by atoms with van der Waals surface area (Å²) in [5, 5.41) is 0.532. The van der Waals surface area contributed by atoms with Crippen LogP contribution in [0, 0.1) is 5.92 Å². The topological polar surface area (TPSA) is 101 Å². The van der Waals surface area contributed by atoms with Crippen molar-refractivity contribution < 1.29 is 21.6 Å². The molecular formula is C16H14Cl2N2O5S2. The van der Waals surface area contributed by atoms with Crippen LogP contribution in [-0.4, -0.2) is 28.5 Å². The van der Waals surface area contributed by atoms with Crippen LogP contribution in [0.3, 0.4) is 0 Å². The van der Waals surface area contributed by atoms with E-state index < -0.39 is 31.9 Å². The third-order valence-electron chi connectivity index (χ3n) is 3.86. The Morgan fingerprint density at radius 1 is 1.07 bits per heavy atom. The zero-order valence-corrected chi connectivity index (χ0v) is 17.0. The molecule has 7 nitrogen and oxygen atoms in total. The Balaban J connectivity index is 1.89. The third kappa shape index (κ3) is 4.06. The lowest BCUT2D eigenvalue weighted by Crippen LogP contribution is -2.30. The molecule has 1 fully saturated rings. The number of halogens is 2. The van der Waals surface area contributed by atoms with Crippen LogP contribution >= 0.6 is 23.2 Å².